The van der Waals surface area contributed by atoms with Gasteiger partial charge in [-0.05, 0) is 40.8 Å². The number of hydrogen-bond donors (Lipinski definition) is 0. The molecule has 1 aromatic carbocycles. The lowest BCUT2D eigenvalue weighted by Crippen LogP contribution is -1.76. The van der Waals surface area contributed by atoms with E-state index in [1.165, 1.54) is 12.1 Å². The Morgan fingerprint density at radius 2 is 2.06 bits per heavy atom. The van der Waals surface area contributed by atoms with Gasteiger partial charge in [-0.15, -0.1) is 0 Å². The first-order valence-corrected chi connectivity index (χ1v) is 6.11. The van der Waals surface area contributed by atoms with Gasteiger partial charge in [0.15, 0.2) is 5.58 Å². The molecule has 0 spiro atoms. The van der Waals surface area contributed by atoms with Gasteiger partial charge in [-0.3, -0.25) is 4.98 Å². The van der Waals surface area contributed by atoms with Crippen LogP contribution in [0.25, 0.3) is 22.3 Å². The number of fused-ring (bicyclic) bond motifs is 1. The fourth-order valence-corrected chi connectivity index (χ4v) is 2.30. The first-order chi connectivity index (χ1) is 8.24. The minimum atomic E-state index is -0.268. The van der Waals surface area contributed by atoms with Crippen molar-refractivity contribution in [1.82, 2.24) is 4.98 Å². The van der Waals surface area contributed by atoms with Gasteiger partial charge in [0, 0.05) is 23.3 Å². The predicted octanol–water partition coefficient (Wildman–Crippen LogP) is 4.24. The molecule has 0 atom stereocenters. The Bertz CT molecular complexity index is 693. The molecular weight excluding hydrogens is 332 g/mol. The highest BCUT2D eigenvalue weighted by atomic mass is 127. The van der Waals surface area contributed by atoms with Crippen LogP contribution in [-0.4, -0.2) is 4.98 Å². The first-order valence-electron chi connectivity index (χ1n) is 5.03. The van der Waals surface area contributed by atoms with Gasteiger partial charge in [-0.25, -0.2) is 4.39 Å². The molecule has 0 aliphatic rings. The second kappa shape index (κ2) is 4.10. The molecule has 2 heterocycles. The summed E-state index contributed by atoms with van der Waals surface area (Å²) in [5.74, 6) is 0.390. The quantitative estimate of drug-likeness (QED) is 0.620. The van der Waals surface area contributed by atoms with Crippen LogP contribution >= 0.6 is 22.6 Å². The second-order valence-electron chi connectivity index (χ2n) is 3.66. The summed E-state index contributed by atoms with van der Waals surface area (Å²) in [5.41, 5.74) is 1.52. The van der Waals surface area contributed by atoms with Crippen LogP contribution in [-0.2, 0) is 0 Å². The highest BCUT2D eigenvalue weighted by molar-refractivity contribution is 14.1. The van der Waals surface area contributed by atoms with E-state index in [9.17, 15) is 4.39 Å². The molecule has 0 aliphatic heterocycles. The summed E-state index contributed by atoms with van der Waals surface area (Å²) in [6, 6.07) is 8.23. The standard InChI is InChI=1S/C13H7FINO/c14-10-3-1-2-8(4-10)12-5-9-6-16-7-11(15)13(9)17-12/h1-7H. The van der Waals surface area contributed by atoms with Crippen molar-refractivity contribution >= 4 is 33.6 Å². The van der Waals surface area contributed by atoms with E-state index >= 15 is 0 Å². The molecule has 4 heteroatoms. The molecule has 0 fully saturated rings. The molecule has 0 aliphatic carbocycles. The third-order valence-corrected chi connectivity index (χ3v) is 3.26. The predicted molar refractivity (Wildman–Crippen MR) is 72.1 cm³/mol. The Balaban J connectivity index is 2.22. The zero-order chi connectivity index (χ0) is 11.8. The lowest BCUT2D eigenvalue weighted by atomic mass is 10.1. The van der Waals surface area contributed by atoms with Crippen LogP contribution in [0, 0.1) is 9.39 Å². The van der Waals surface area contributed by atoms with Crippen LogP contribution < -0.4 is 0 Å². The van der Waals surface area contributed by atoms with E-state index in [0.717, 1.165) is 20.1 Å². The number of pyridine rings is 1. The molecule has 3 aromatic rings. The third kappa shape index (κ3) is 1.93. The summed E-state index contributed by atoms with van der Waals surface area (Å²) in [7, 11) is 0. The smallest absolute Gasteiger partial charge is 0.151 e. The summed E-state index contributed by atoms with van der Waals surface area (Å²) in [5, 5.41) is 0.927. The fraction of sp³-hybridized carbons (Fsp3) is 0. The van der Waals surface area contributed by atoms with Crippen molar-refractivity contribution < 1.29 is 8.81 Å². The molecular formula is C13H7FINO. The van der Waals surface area contributed by atoms with E-state index in [4.69, 9.17) is 4.42 Å². The number of halogens is 2. The van der Waals surface area contributed by atoms with Crippen LogP contribution in [0.2, 0.25) is 0 Å². The van der Waals surface area contributed by atoms with Gasteiger partial charge in [0.1, 0.15) is 11.6 Å². The molecule has 0 bridgehead atoms. The fourth-order valence-electron chi connectivity index (χ4n) is 1.71. The van der Waals surface area contributed by atoms with Crippen LogP contribution in [0.3, 0.4) is 0 Å². The van der Waals surface area contributed by atoms with Gasteiger partial charge in [0.2, 0.25) is 0 Å². The van der Waals surface area contributed by atoms with Crippen LogP contribution in [0.15, 0.2) is 47.1 Å². The third-order valence-electron chi connectivity index (χ3n) is 2.49. The summed E-state index contributed by atoms with van der Waals surface area (Å²) in [6.07, 6.45) is 3.48. The summed E-state index contributed by atoms with van der Waals surface area (Å²) in [6.45, 7) is 0. The largest absolute Gasteiger partial charge is 0.455 e. The Labute approximate surface area is 111 Å². The highest BCUT2D eigenvalue weighted by Gasteiger charge is 2.09. The van der Waals surface area contributed by atoms with Crippen molar-refractivity contribution in [2.75, 3.05) is 0 Å². The molecule has 0 saturated carbocycles. The molecule has 17 heavy (non-hydrogen) atoms. The Kier molecular flexibility index (Phi) is 2.58. The molecule has 0 saturated heterocycles. The lowest BCUT2D eigenvalue weighted by Gasteiger charge is -1.95. The number of furan rings is 1. The maximum atomic E-state index is 13.1. The normalized spacial score (nSPS) is 10.9. The molecule has 0 unspecified atom stereocenters. The van der Waals surface area contributed by atoms with Crippen molar-refractivity contribution in [3.8, 4) is 11.3 Å². The average molecular weight is 339 g/mol. The van der Waals surface area contributed by atoms with Crippen molar-refractivity contribution in [2.45, 2.75) is 0 Å². The van der Waals surface area contributed by atoms with Gasteiger partial charge >= 0.3 is 0 Å². The maximum Gasteiger partial charge on any atom is 0.151 e. The number of rotatable bonds is 1. The summed E-state index contributed by atoms with van der Waals surface area (Å²) in [4.78, 5) is 4.10. The molecule has 0 amide bonds. The van der Waals surface area contributed by atoms with E-state index in [-0.39, 0.29) is 5.82 Å². The highest BCUT2D eigenvalue weighted by Crippen LogP contribution is 2.29. The molecule has 3 rings (SSSR count). The summed E-state index contributed by atoms with van der Waals surface area (Å²) < 4.78 is 19.8. The molecule has 0 N–H and O–H groups in total. The Hall–Kier alpha value is -1.43. The van der Waals surface area contributed by atoms with Gasteiger partial charge < -0.3 is 4.42 Å². The van der Waals surface area contributed by atoms with E-state index in [1.54, 1.807) is 18.5 Å². The topological polar surface area (TPSA) is 26.0 Å². The van der Waals surface area contributed by atoms with Crippen molar-refractivity contribution in [1.29, 1.82) is 0 Å². The Morgan fingerprint density at radius 1 is 1.18 bits per heavy atom. The molecule has 84 valence electrons. The number of hydrogen-bond acceptors (Lipinski definition) is 2. The average Bonchev–Trinajstić information content (AvgIpc) is 2.74. The van der Waals surface area contributed by atoms with Gasteiger partial charge in [-0.1, -0.05) is 12.1 Å². The maximum absolute atomic E-state index is 13.1. The van der Waals surface area contributed by atoms with Crippen LogP contribution in [0.5, 0.6) is 0 Å². The monoisotopic (exact) mass is 339 g/mol. The van der Waals surface area contributed by atoms with Crippen molar-refractivity contribution in [3.05, 3.63) is 52.1 Å². The van der Waals surface area contributed by atoms with E-state index in [1.807, 2.05) is 12.1 Å². The van der Waals surface area contributed by atoms with Crippen molar-refractivity contribution in [3.63, 3.8) is 0 Å². The zero-order valence-corrected chi connectivity index (χ0v) is 10.8. The van der Waals surface area contributed by atoms with Gasteiger partial charge in [0.05, 0.1) is 3.57 Å². The van der Waals surface area contributed by atoms with E-state index in [0.29, 0.717) is 5.76 Å². The number of benzene rings is 1. The van der Waals surface area contributed by atoms with Gasteiger partial charge in [0.25, 0.3) is 0 Å². The van der Waals surface area contributed by atoms with Crippen molar-refractivity contribution in [2.24, 2.45) is 0 Å². The SMILES string of the molecule is Fc1cccc(-c2cc3cncc(I)c3o2)c1. The first kappa shape index (κ1) is 10.7. The molecule has 2 aromatic heterocycles. The van der Waals surface area contributed by atoms with Crippen LogP contribution in [0.4, 0.5) is 4.39 Å². The van der Waals surface area contributed by atoms with Crippen LogP contribution in [0.1, 0.15) is 0 Å². The summed E-state index contributed by atoms with van der Waals surface area (Å²) >= 11 is 2.17. The molecule has 2 nitrogen and oxygen atoms in total. The number of aromatic nitrogens is 1. The molecule has 0 radical (unpaired) electrons. The zero-order valence-electron chi connectivity index (χ0n) is 8.65. The second-order valence-corrected chi connectivity index (χ2v) is 4.82. The van der Waals surface area contributed by atoms with E-state index in [2.05, 4.69) is 27.6 Å². The van der Waals surface area contributed by atoms with Gasteiger partial charge in [-0.2, -0.15) is 0 Å². The van der Waals surface area contributed by atoms with E-state index < -0.39 is 0 Å². The lowest BCUT2D eigenvalue weighted by molar-refractivity contribution is 0.617. The number of nitrogens with zero attached hydrogens (tertiary/aromatic N) is 1. The Morgan fingerprint density at radius 3 is 2.82 bits per heavy atom. The minimum absolute atomic E-state index is 0.268. The minimum Gasteiger partial charge on any atom is -0.455 e.